The SMILES string of the molecule is COC(=O)CCCn1cnc(NC(=O)Cc2ccc3nc(Nc4ccccc4)oc3c2)c1. The number of ether oxygens (including phenoxy) is 1. The summed E-state index contributed by atoms with van der Waals surface area (Å²) in [6.45, 7) is 0.611. The van der Waals surface area contributed by atoms with Crippen molar-refractivity contribution in [3.05, 3.63) is 66.6 Å². The summed E-state index contributed by atoms with van der Waals surface area (Å²) < 4.78 is 12.2. The number of hydrogen-bond acceptors (Lipinski definition) is 7. The van der Waals surface area contributed by atoms with Crippen molar-refractivity contribution in [3.8, 4) is 0 Å². The molecule has 0 aliphatic rings. The summed E-state index contributed by atoms with van der Waals surface area (Å²) in [6, 6.07) is 15.5. The molecule has 0 unspecified atom stereocenters. The molecule has 4 aromatic rings. The molecule has 9 heteroatoms. The molecular formula is C23H23N5O4. The standard InChI is InChI=1S/C23H23N5O4/c1-31-22(30)8-5-11-28-14-20(24-15-28)27-21(29)13-16-9-10-18-19(12-16)32-23(26-18)25-17-6-3-2-4-7-17/h2-4,6-7,9-10,12,14-15H,5,8,11,13H2,1H3,(H,25,26)(H,27,29). The van der Waals surface area contributed by atoms with E-state index >= 15 is 0 Å². The monoisotopic (exact) mass is 433 g/mol. The van der Waals surface area contributed by atoms with Gasteiger partial charge in [0.2, 0.25) is 5.91 Å². The first-order valence-corrected chi connectivity index (χ1v) is 10.2. The Labute approximate surface area is 184 Å². The minimum absolute atomic E-state index is 0.174. The first-order chi connectivity index (χ1) is 15.6. The van der Waals surface area contributed by atoms with E-state index in [0.29, 0.717) is 42.3 Å². The molecule has 1 amide bonds. The number of fused-ring (bicyclic) bond motifs is 1. The van der Waals surface area contributed by atoms with Gasteiger partial charge in [-0.15, -0.1) is 0 Å². The number of carbonyl (C=O) groups is 2. The first-order valence-electron chi connectivity index (χ1n) is 10.2. The molecule has 32 heavy (non-hydrogen) atoms. The second kappa shape index (κ2) is 9.78. The van der Waals surface area contributed by atoms with Gasteiger partial charge < -0.3 is 24.4 Å². The summed E-state index contributed by atoms with van der Waals surface area (Å²) >= 11 is 0. The molecule has 0 aliphatic carbocycles. The van der Waals surface area contributed by atoms with Crippen LogP contribution in [0.5, 0.6) is 0 Å². The van der Waals surface area contributed by atoms with E-state index < -0.39 is 0 Å². The van der Waals surface area contributed by atoms with Crippen molar-refractivity contribution in [2.75, 3.05) is 17.7 Å². The number of imidazole rings is 1. The van der Waals surface area contributed by atoms with E-state index in [-0.39, 0.29) is 18.3 Å². The normalized spacial score (nSPS) is 10.8. The molecule has 2 aromatic carbocycles. The summed E-state index contributed by atoms with van der Waals surface area (Å²) in [4.78, 5) is 32.2. The van der Waals surface area contributed by atoms with Crippen LogP contribution in [0.2, 0.25) is 0 Å². The molecule has 2 aromatic heterocycles. The second-order valence-electron chi connectivity index (χ2n) is 7.21. The van der Waals surface area contributed by atoms with E-state index in [1.807, 2.05) is 53.1 Å². The Morgan fingerprint density at radius 3 is 2.81 bits per heavy atom. The Bertz CT molecular complexity index is 1220. The lowest BCUT2D eigenvalue weighted by molar-refractivity contribution is -0.140. The number of amides is 1. The zero-order valence-corrected chi connectivity index (χ0v) is 17.6. The van der Waals surface area contributed by atoms with Crippen molar-refractivity contribution in [3.63, 3.8) is 0 Å². The summed E-state index contributed by atoms with van der Waals surface area (Å²) in [5, 5.41) is 5.91. The molecule has 0 spiro atoms. The number of esters is 1. The van der Waals surface area contributed by atoms with E-state index in [9.17, 15) is 9.59 Å². The van der Waals surface area contributed by atoms with E-state index in [1.54, 1.807) is 12.5 Å². The van der Waals surface area contributed by atoms with Gasteiger partial charge in [-0.1, -0.05) is 24.3 Å². The quantitative estimate of drug-likeness (QED) is 0.385. The topological polar surface area (TPSA) is 111 Å². The molecule has 2 heterocycles. The van der Waals surface area contributed by atoms with E-state index in [0.717, 1.165) is 11.3 Å². The molecule has 164 valence electrons. The van der Waals surface area contributed by atoms with Crippen molar-refractivity contribution in [2.45, 2.75) is 25.8 Å². The largest absolute Gasteiger partial charge is 0.469 e. The van der Waals surface area contributed by atoms with Gasteiger partial charge in [-0.05, 0) is 36.2 Å². The maximum Gasteiger partial charge on any atom is 0.305 e. The van der Waals surface area contributed by atoms with Crippen LogP contribution in [0.1, 0.15) is 18.4 Å². The number of aryl methyl sites for hydroxylation is 1. The second-order valence-corrected chi connectivity index (χ2v) is 7.21. The highest BCUT2D eigenvalue weighted by molar-refractivity contribution is 5.92. The van der Waals surface area contributed by atoms with Crippen LogP contribution in [0.4, 0.5) is 17.5 Å². The molecule has 4 rings (SSSR count). The van der Waals surface area contributed by atoms with Crippen molar-refractivity contribution in [1.29, 1.82) is 0 Å². The fraction of sp³-hybridized carbons (Fsp3) is 0.217. The Balaban J connectivity index is 1.33. The van der Waals surface area contributed by atoms with Crippen LogP contribution in [0.25, 0.3) is 11.1 Å². The number of hydrogen-bond donors (Lipinski definition) is 2. The Morgan fingerprint density at radius 2 is 2.00 bits per heavy atom. The summed E-state index contributed by atoms with van der Waals surface area (Å²) in [5.41, 5.74) is 2.99. The lowest BCUT2D eigenvalue weighted by Gasteiger charge is -2.03. The smallest absolute Gasteiger partial charge is 0.305 e. The number of nitrogens with one attached hydrogen (secondary N) is 2. The van der Waals surface area contributed by atoms with Crippen molar-refractivity contribution in [2.24, 2.45) is 0 Å². The zero-order chi connectivity index (χ0) is 22.3. The van der Waals surface area contributed by atoms with Gasteiger partial charge in [0.15, 0.2) is 11.4 Å². The summed E-state index contributed by atoms with van der Waals surface area (Å²) in [7, 11) is 1.37. The van der Waals surface area contributed by atoms with Gasteiger partial charge in [0.1, 0.15) is 5.52 Å². The van der Waals surface area contributed by atoms with Crippen molar-refractivity contribution >= 4 is 40.5 Å². The van der Waals surface area contributed by atoms with Crippen molar-refractivity contribution in [1.82, 2.24) is 14.5 Å². The van der Waals surface area contributed by atoms with Gasteiger partial charge in [0, 0.05) is 24.8 Å². The summed E-state index contributed by atoms with van der Waals surface area (Å²) in [6.07, 6.45) is 4.50. The Hall–Kier alpha value is -4.14. The fourth-order valence-electron chi connectivity index (χ4n) is 3.20. The maximum absolute atomic E-state index is 12.4. The number of aromatic nitrogens is 3. The van der Waals surface area contributed by atoms with Crippen LogP contribution < -0.4 is 10.6 Å². The third-order valence-corrected chi connectivity index (χ3v) is 4.77. The van der Waals surface area contributed by atoms with Crippen LogP contribution in [-0.2, 0) is 27.3 Å². The Morgan fingerprint density at radius 1 is 1.16 bits per heavy atom. The maximum atomic E-state index is 12.4. The number of nitrogens with zero attached hydrogens (tertiary/aromatic N) is 3. The number of carbonyl (C=O) groups excluding carboxylic acids is 2. The highest BCUT2D eigenvalue weighted by Gasteiger charge is 2.11. The van der Waals surface area contributed by atoms with Crippen molar-refractivity contribution < 1.29 is 18.7 Å². The predicted octanol–water partition coefficient (Wildman–Crippen LogP) is 3.90. The molecule has 0 radical (unpaired) electrons. The van der Waals surface area contributed by atoms with E-state index in [4.69, 9.17) is 4.42 Å². The van der Waals surface area contributed by atoms with Crippen LogP contribution >= 0.6 is 0 Å². The van der Waals surface area contributed by atoms with Crippen LogP contribution in [0.15, 0.2) is 65.5 Å². The van der Waals surface area contributed by atoms with Gasteiger partial charge in [0.05, 0.1) is 19.9 Å². The number of para-hydroxylation sites is 1. The first kappa shape index (κ1) is 21.1. The number of oxazole rings is 1. The van der Waals surface area contributed by atoms with Crippen LogP contribution in [0.3, 0.4) is 0 Å². The van der Waals surface area contributed by atoms with Gasteiger partial charge in [-0.3, -0.25) is 9.59 Å². The highest BCUT2D eigenvalue weighted by Crippen LogP contribution is 2.23. The molecule has 0 bridgehead atoms. The van der Waals surface area contributed by atoms with Gasteiger partial charge in [-0.25, -0.2) is 4.98 Å². The minimum Gasteiger partial charge on any atom is -0.469 e. The highest BCUT2D eigenvalue weighted by atomic mass is 16.5. The number of benzene rings is 2. The van der Waals surface area contributed by atoms with Crippen LogP contribution in [-0.4, -0.2) is 33.5 Å². The van der Waals surface area contributed by atoms with Gasteiger partial charge in [-0.2, -0.15) is 4.98 Å². The zero-order valence-electron chi connectivity index (χ0n) is 17.6. The molecule has 0 fully saturated rings. The molecule has 0 atom stereocenters. The molecular weight excluding hydrogens is 410 g/mol. The average Bonchev–Trinajstić information content (AvgIpc) is 3.40. The molecule has 0 aliphatic heterocycles. The van der Waals surface area contributed by atoms with Gasteiger partial charge in [0.25, 0.3) is 6.01 Å². The van der Waals surface area contributed by atoms with Gasteiger partial charge >= 0.3 is 5.97 Å². The van der Waals surface area contributed by atoms with Crippen LogP contribution in [0, 0.1) is 0 Å². The molecule has 0 saturated carbocycles. The average molecular weight is 433 g/mol. The minimum atomic E-state index is -0.245. The predicted molar refractivity (Wildman–Crippen MR) is 120 cm³/mol. The van der Waals surface area contributed by atoms with E-state index in [1.165, 1.54) is 7.11 Å². The third kappa shape index (κ3) is 5.51. The molecule has 2 N–H and O–H groups in total. The molecule has 0 saturated heterocycles. The third-order valence-electron chi connectivity index (χ3n) is 4.77. The lowest BCUT2D eigenvalue weighted by atomic mass is 10.1. The number of rotatable bonds is 9. The number of anilines is 3. The number of methoxy groups -OCH3 is 1. The Kier molecular flexibility index (Phi) is 6.45. The lowest BCUT2D eigenvalue weighted by Crippen LogP contribution is -2.14. The molecule has 9 nitrogen and oxygen atoms in total. The fourth-order valence-corrected chi connectivity index (χ4v) is 3.20. The van der Waals surface area contributed by atoms with E-state index in [2.05, 4.69) is 25.3 Å². The summed E-state index contributed by atoms with van der Waals surface area (Å²) in [5.74, 6) is 0.0276.